The van der Waals surface area contributed by atoms with Crippen molar-refractivity contribution in [3.63, 3.8) is 0 Å². The molecule has 0 saturated carbocycles. The van der Waals surface area contributed by atoms with Crippen molar-refractivity contribution >= 4 is 0 Å². The van der Waals surface area contributed by atoms with E-state index in [9.17, 15) is 18.4 Å². The van der Waals surface area contributed by atoms with E-state index >= 15 is 0 Å². The molecule has 0 saturated heterocycles. The Morgan fingerprint density at radius 2 is 1.71 bits per heavy atom. The van der Waals surface area contributed by atoms with E-state index in [1.807, 2.05) is 4.98 Å². The van der Waals surface area contributed by atoms with E-state index in [4.69, 9.17) is 0 Å². The lowest BCUT2D eigenvalue weighted by atomic mass is 10.1. The lowest BCUT2D eigenvalue weighted by molar-refractivity contribution is 0.594. The van der Waals surface area contributed by atoms with E-state index in [2.05, 4.69) is 4.98 Å². The standard InChI is InChI=1S/C11H8F2N2O2/c1-5-2-8(13)6(3-7(5)12)9-4-10(16)15-11(17)14-9/h2-4H,1H3,(H2,14,15,16,17). The molecule has 0 aliphatic rings. The average molecular weight is 238 g/mol. The van der Waals surface area contributed by atoms with Gasteiger partial charge in [-0.3, -0.25) is 9.78 Å². The third kappa shape index (κ3) is 2.15. The number of aromatic nitrogens is 2. The van der Waals surface area contributed by atoms with E-state index in [1.165, 1.54) is 6.92 Å². The Morgan fingerprint density at radius 1 is 1.00 bits per heavy atom. The molecule has 2 N–H and O–H groups in total. The van der Waals surface area contributed by atoms with Crippen molar-refractivity contribution in [1.29, 1.82) is 0 Å². The predicted molar refractivity (Wildman–Crippen MR) is 57.8 cm³/mol. The Balaban J connectivity index is 2.72. The van der Waals surface area contributed by atoms with Gasteiger partial charge in [0.05, 0.1) is 5.69 Å². The molecule has 0 aliphatic heterocycles. The number of hydrogen-bond acceptors (Lipinski definition) is 2. The first-order chi connectivity index (χ1) is 7.97. The third-order valence-electron chi connectivity index (χ3n) is 2.30. The van der Waals surface area contributed by atoms with E-state index in [0.29, 0.717) is 0 Å². The summed E-state index contributed by atoms with van der Waals surface area (Å²) in [6, 6.07) is 2.94. The van der Waals surface area contributed by atoms with Gasteiger partial charge >= 0.3 is 5.69 Å². The van der Waals surface area contributed by atoms with Crippen molar-refractivity contribution in [2.45, 2.75) is 6.92 Å². The topological polar surface area (TPSA) is 65.7 Å². The fourth-order valence-electron chi connectivity index (χ4n) is 1.47. The SMILES string of the molecule is Cc1cc(F)c(-c2cc(=O)[nH]c(=O)[nH]2)cc1F. The van der Waals surface area contributed by atoms with E-state index in [1.54, 1.807) is 0 Å². The third-order valence-corrected chi connectivity index (χ3v) is 2.30. The molecule has 4 nitrogen and oxygen atoms in total. The van der Waals surface area contributed by atoms with Crippen molar-refractivity contribution in [2.24, 2.45) is 0 Å². The number of H-pyrrole nitrogens is 2. The van der Waals surface area contributed by atoms with Crippen molar-refractivity contribution in [1.82, 2.24) is 9.97 Å². The zero-order valence-corrected chi connectivity index (χ0v) is 8.80. The van der Waals surface area contributed by atoms with E-state index in [-0.39, 0.29) is 16.8 Å². The highest BCUT2D eigenvalue weighted by atomic mass is 19.1. The van der Waals surface area contributed by atoms with Crippen LogP contribution in [0, 0.1) is 18.6 Å². The minimum absolute atomic E-state index is 0.0600. The van der Waals surface area contributed by atoms with Crippen LogP contribution in [0.5, 0.6) is 0 Å². The molecular formula is C11H8F2N2O2. The van der Waals surface area contributed by atoms with Crippen LogP contribution in [0.3, 0.4) is 0 Å². The second kappa shape index (κ2) is 3.97. The van der Waals surface area contributed by atoms with Crippen molar-refractivity contribution in [2.75, 3.05) is 0 Å². The van der Waals surface area contributed by atoms with Crippen LogP contribution >= 0.6 is 0 Å². The largest absolute Gasteiger partial charge is 0.326 e. The van der Waals surface area contributed by atoms with Gasteiger partial charge in [0, 0.05) is 11.6 Å². The van der Waals surface area contributed by atoms with E-state index < -0.39 is 22.9 Å². The van der Waals surface area contributed by atoms with Gasteiger partial charge in [0.25, 0.3) is 5.56 Å². The normalized spacial score (nSPS) is 10.5. The van der Waals surface area contributed by atoms with Crippen LogP contribution in [0.25, 0.3) is 11.3 Å². The molecular weight excluding hydrogens is 230 g/mol. The summed E-state index contributed by atoms with van der Waals surface area (Å²) in [5.74, 6) is -1.31. The molecule has 0 amide bonds. The summed E-state index contributed by atoms with van der Waals surface area (Å²) < 4.78 is 26.9. The molecule has 1 aromatic carbocycles. The van der Waals surface area contributed by atoms with Crippen LogP contribution in [-0.4, -0.2) is 9.97 Å². The second-order valence-electron chi connectivity index (χ2n) is 3.58. The zero-order chi connectivity index (χ0) is 12.6. The van der Waals surface area contributed by atoms with Gasteiger partial charge in [-0.05, 0) is 24.6 Å². The minimum Gasteiger partial charge on any atom is -0.307 e. The summed E-state index contributed by atoms with van der Waals surface area (Å²) in [6.07, 6.45) is 0. The van der Waals surface area contributed by atoms with Gasteiger partial charge in [-0.15, -0.1) is 0 Å². The predicted octanol–water partition coefficient (Wildman–Crippen LogP) is 1.32. The molecule has 17 heavy (non-hydrogen) atoms. The summed E-state index contributed by atoms with van der Waals surface area (Å²) in [7, 11) is 0. The van der Waals surface area contributed by atoms with Gasteiger partial charge in [-0.25, -0.2) is 13.6 Å². The number of benzene rings is 1. The molecule has 1 aromatic heterocycles. The number of aryl methyl sites for hydroxylation is 1. The fourth-order valence-corrected chi connectivity index (χ4v) is 1.47. The molecule has 0 bridgehead atoms. The molecule has 88 valence electrons. The first-order valence-electron chi connectivity index (χ1n) is 4.77. The highest BCUT2D eigenvalue weighted by molar-refractivity contribution is 5.59. The van der Waals surface area contributed by atoms with Gasteiger partial charge in [0.1, 0.15) is 11.6 Å². The quantitative estimate of drug-likeness (QED) is 0.786. The molecule has 1 heterocycles. The number of halogens is 2. The van der Waals surface area contributed by atoms with Crippen LogP contribution < -0.4 is 11.2 Å². The molecule has 0 unspecified atom stereocenters. The number of nitrogens with one attached hydrogen (secondary N) is 2. The monoisotopic (exact) mass is 238 g/mol. The minimum atomic E-state index is -0.770. The summed E-state index contributed by atoms with van der Waals surface area (Å²) in [5, 5.41) is 0. The summed E-state index contributed by atoms with van der Waals surface area (Å²) >= 11 is 0. The van der Waals surface area contributed by atoms with Crippen molar-refractivity contribution < 1.29 is 8.78 Å². The van der Waals surface area contributed by atoms with Crippen LogP contribution in [0.1, 0.15) is 5.56 Å². The molecule has 2 aromatic rings. The van der Waals surface area contributed by atoms with Crippen LogP contribution in [-0.2, 0) is 0 Å². The lowest BCUT2D eigenvalue weighted by Crippen LogP contribution is -2.21. The Morgan fingerprint density at radius 3 is 2.35 bits per heavy atom. The van der Waals surface area contributed by atoms with Crippen LogP contribution in [0.2, 0.25) is 0 Å². The highest BCUT2D eigenvalue weighted by Gasteiger charge is 2.10. The van der Waals surface area contributed by atoms with Crippen molar-refractivity contribution in [3.8, 4) is 11.3 Å². The summed E-state index contributed by atoms with van der Waals surface area (Å²) in [4.78, 5) is 26.3. The maximum absolute atomic E-state index is 13.6. The Labute approximate surface area is 93.9 Å². The number of hydrogen-bond donors (Lipinski definition) is 2. The maximum atomic E-state index is 13.6. The van der Waals surface area contributed by atoms with Crippen LogP contribution in [0.15, 0.2) is 27.8 Å². The van der Waals surface area contributed by atoms with Crippen LogP contribution in [0.4, 0.5) is 8.78 Å². The Bertz CT molecular complexity index is 660. The highest BCUT2D eigenvalue weighted by Crippen LogP contribution is 2.22. The van der Waals surface area contributed by atoms with Gasteiger partial charge in [0.2, 0.25) is 0 Å². The molecule has 0 aliphatic carbocycles. The van der Waals surface area contributed by atoms with Gasteiger partial charge in [-0.2, -0.15) is 0 Å². The maximum Gasteiger partial charge on any atom is 0.326 e. The molecule has 6 heteroatoms. The number of aromatic amines is 2. The average Bonchev–Trinajstić information content (AvgIpc) is 2.22. The number of rotatable bonds is 1. The molecule has 2 rings (SSSR count). The van der Waals surface area contributed by atoms with Crippen molar-refractivity contribution in [3.05, 3.63) is 56.2 Å². The van der Waals surface area contributed by atoms with Gasteiger partial charge < -0.3 is 4.98 Å². The summed E-state index contributed by atoms with van der Waals surface area (Å²) in [6.45, 7) is 1.42. The fraction of sp³-hybridized carbons (Fsp3) is 0.0909. The van der Waals surface area contributed by atoms with Gasteiger partial charge in [0.15, 0.2) is 0 Å². The molecule has 0 spiro atoms. The zero-order valence-electron chi connectivity index (χ0n) is 8.80. The molecule has 0 radical (unpaired) electrons. The van der Waals surface area contributed by atoms with E-state index in [0.717, 1.165) is 18.2 Å². The first kappa shape index (κ1) is 11.3. The molecule has 0 fully saturated rings. The second-order valence-corrected chi connectivity index (χ2v) is 3.58. The van der Waals surface area contributed by atoms with Gasteiger partial charge in [-0.1, -0.05) is 0 Å². The summed E-state index contributed by atoms with van der Waals surface area (Å²) in [5.41, 5.74) is -1.51. The first-order valence-corrected chi connectivity index (χ1v) is 4.77. The molecule has 0 atom stereocenters. The lowest BCUT2D eigenvalue weighted by Gasteiger charge is -2.04. The Kier molecular flexibility index (Phi) is 2.63. The Hall–Kier alpha value is -2.24. The smallest absolute Gasteiger partial charge is 0.307 e.